The van der Waals surface area contributed by atoms with Crippen LogP contribution in [0.25, 0.3) is 0 Å². The van der Waals surface area contributed by atoms with Crippen molar-refractivity contribution in [1.29, 1.82) is 0 Å². The standard InChI is InChI=1S/C14H30O2/c1-6-8-9-10-14(7-2,11-15)12(16)13(3,4)5/h12,15-16H,6-11H2,1-5H3. The second kappa shape index (κ2) is 6.61. The second-order valence-electron chi connectivity index (χ2n) is 6.10. The van der Waals surface area contributed by atoms with Crippen LogP contribution in [0.4, 0.5) is 0 Å². The van der Waals surface area contributed by atoms with Crippen molar-refractivity contribution in [1.82, 2.24) is 0 Å². The molecule has 0 aliphatic rings. The minimum absolute atomic E-state index is 0.0889. The van der Waals surface area contributed by atoms with Gasteiger partial charge in [0, 0.05) is 5.41 Å². The van der Waals surface area contributed by atoms with E-state index >= 15 is 0 Å². The van der Waals surface area contributed by atoms with Crippen molar-refractivity contribution in [2.24, 2.45) is 10.8 Å². The van der Waals surface area contributed by atoms with Crippen molar-refractivity contribution in [3.63, 3.8) is 0 Å². The summed E-state index contributed by atoms with van der Waals surface area (Å²) in [5.41, 5.74) is -0.474. The molecule has 0 aromatic heterocycles. The van der Waals surface area contributed by atoms with Crippen LogP contribution in [0, 0.1) is 10.8 Å². The zero-order chi connectivity index (χ0) is 12.8. The molecule has 0 aromatic carbocycles. The van der Waals surface area contributed by atoms with Crippen LogP contribution >= 0.6 is 0 Å². The molecule has 16 heavy (non-hydrogen) atoms. The van der Waals surface area contributed by atoms with Gasteiger partial charge in [-0.15, -0.1) is 0 Å². The first kappa shape index (κ1) is 15.9. The van der Waals surface area contributed by atoms with Crippen LogP contribution in [0.3, 0.4) is 0 Å². The summed E-state index contributed by atoms with van der Waals surface area (Å²) < 4.78 is 0. The van der Waals surface area contributed by atoms with Gasteiger partial charge in [-0.05, 0) is 18.3 Å². The highest BCUT2D eigenvalue weighted by Crippen LogP contribution is 2.40. The minimum Gasteiger partial charge on any atom is -0.396 e. The van der Waals surface area contributed by atoms with E-state index in [2.05, 4.69) is 13.8 Å². The van der Waals surface area contributed by atoms with Gasteiger partial charge < -0.3 is 10.2 Å². The molecule has 0 spiro atoms. The maximum Gasteiger partial charge on any atom is 0.0666 e. The van der Waals surface area contributed by atoms with Crippen LogP contribution in [0.2, 0.25) is 0 Å². The lowest BCUT2D eigenvalue weighted by atomic mass is 9.67. The average Bonchev–Trinajstić information content (AvgIpc) is 2.23. The Kier molecular flexibility index (Phi) is 6.57. The van der Waals surface area contributed by atoms with Gasteiger partial charge in [0.1, 0.15) is 0 Å². The Hall–Kier alpha value is -0.0800. The Morgan fingerprint density at radius 1 is 1.06 bits per heavy atom. The second-order valence-corrected chi connectivity index (χ2v) is 6.10. The lowest BCUT2D eigenvalue weighted by Crippen LogP contribution is -2.46. The van der Waals surface area contributed by atoms with E-state index in [0.29, 0.717) is 0 Å². The fraction of sp³-hybridized carbons (Fsp3) is 1.00. The van der Waals surface area contributed by atoms with Crippen molar-refractivity contribution >= 4 is 0 Å². The number of aliphatic hydroxyl groups excluding tert-OH is 2. The Bertz CT molecular complexity index is 178. The molecule has 2 nitrogen and oxygen atoms in total. The third-order valence-corrected chi connectivity index (χ3v) is 3.70. The van der Waals surface area contributed by atoms with Crippen LogP contribution < -0.4 is 0 Å². The third kappa shape index (κ3) is 4.06. The molecule has 0 amide bonds. The smallest absolute Gasteiger partial charge is 0.0666 e. The molecule has 0 rings (SSSR count). The van der Waals surface area contributed by atoms with Gasteiger partial charge in [0.2, 0.25) is 0 Å². The maximum atomic E-state index is 10.4. The molecule has 2 N–H and O–H groups in total. The molecule has 0 bridgehead atoms. The molecule has 0 radical (unpaired) electrons. The van der Waals surface area contributed by atoms with Crippen LogP contribution in [-0.2, 0) is 0 Å². The van der Waals surface area contributed by atoms with Crippen molar-refractivity contribution in [3.8, 4) is 0 Å². The lowest BCUT2D eigenvalue weighted by Gasteiger charge is -2.42. The van der Waals surface area contributed by atoms with Crippen molar-refractivity contribution in [2.45, 2.75) is 72.8 Å². The van der Waals surface area contributed by atoms with Gasteiger partial charge in [-0.1, -0.05) is 53.9 Å². The largest absolute Gasteiger partial charge is 0.396 e. The van der Waals surface area contributed by atoms with Crippen LogP contribution in [-0.4, -0.2) is 22.9 Å². The van der Waals surface area contributed by atoms with E-state index in [1.54, 1.807) is 0 Å². The minimum atomic E-state index is -0.438. The van der Waals surface area contributed by atoms with E-state index in [-0.39, 0.29) is 17.4 Å². The Balaban J connectivity index is 4.66. The fourth-order valence-electron chi connectivity index (χ4n) is 2.43. The molecule has 2 heteroatoms. The summed E-state index contributed by atoms with van der Waals surface area (Å²) in [5.74, 6) is 0. The zero-order valence-corrected chi connectivity index (χ0v) is 11.7. The summed E-state index contributed by atoms with van der Waals surface area (Å²) in [5, 5.41) is 20.1. The van der Waals surface area contributed by atoms with Crippen molar-refractivity contribution in [3.05, 3.63) is 0 Å². The van der Waals surface area contributed by atoms with Crippen LogP contribution in [0.15, 0.2) is 0 Å². The normalized spacial score (nSPS) is 18.2. The number of hydrogen-bond acceptors (Lipinski definition) is 2. The molecule has 2 unspecified atom stereocenters. The van der Waals surface area contributed by atoms with E-state index in [1.165, 1.54) is 12.8 Å². The molecule has 98 valence electrons. The molecular formula is C14H30O2. The molecule has 0 saturated heterocycles. The summed E-state index contributed by atoms with van der Waals surface area (Å²) in [4.78, 5) is 0. The topological polar surface area (TPSA) is 40.5 Å². The van der Waals surface area contributed by atoms with Crippen LogP contribution in [0.5, 0.6) is 0 Å². The summed E-state index contributed by atoms with van der Waals surface area (Å²) in [7, 11) is 0. The Morgan fingerprint density at radius 3 is 1.94 bits per heavy atom. The predicted molar refractivity (Wildman–Crippen MR) is 69.4 cm³/mol. The summed E-state index contributed by atoms with van der Waals surface area (Å²) in [6.45, 7) is 10.4. The fourth-order valence-corrected chi connectivity index (χ4v) is 2.43. The molecular weight excluding hydrogens is 200 g/mol. The summed E-state index contributed by atoms with van der Waals surface area (Å²) in [6, 6.07) is 0. The summed E-state index contributed by atoms with van der Waals surface area (Å²) >= 11 is 0. The maximum absolute atomic E-state index is 10.4. The Labute approximate surface area is 101 Å². The molecule has 0 saturated carbocycles. The highest BCUT2D eigenvalue weighted by molar-refractivity contribution is 4.91. The molecule has 0 aliphatic heterocycles. The Morgan fingerprint density at radius 2 is 1.62 bits per heavy atom. The van der Waals surface area contributed by atoms with E-state index in [1.807, 2.05) is 20.8 Å². The van der Waals surface area contributed by atoms with Crippen LogP contribution in [0.1, 0.15) is 66.7 Å². The molecule has 0 aliphatic carbocycles. The summed E-state index contributed by atoms with van der Waals surface area (Å²) in [6.07, 6.45) is 4.78. The molecule has 2 atom stereocenters. The number of hydrogen-bond donors (Lipinski definition) is 2. The van der Waals surface area contributed by atoms with Gasteiger partial charge >= 0.3 is 0 Å². The van der Waals surface area contributed by atoms with E-state index in [4.69, 9.17) is 0 Å². The number of unbranched alkanes of at least 4 members (excludes halogenated alkanes) is 2. The van der Waals surface area contributed by atoms with Gasteiger partial charge in [0.15, 0.2) is 0 Å². The first-order valence-corrected chi connectivity index (χ1v) is 6.63. The SMILES string of the molecule is CCCCCC(CC)(CO)C(O)C(C)(C)C. The van der Waals surface area contributed by atoms with Crippen molar-refractivity contribution in [2.75, 3.05) is 6.61 Å². The quantitative estimate of drug-likeness (QED) is 0.658. The van der Waals surface area contributed by atoms with E-state index in [9.17, 15) is 10.2 Å². The highest BCUT2D eigenvalue weighted by Gasteiger charge is 2.41. The first-order valence-electron chi connectivity index (χ1n) is 6.63. The molecule has 0 heterocycles. The monoisotopic (exact) mass is 230 g/mol. The van der Waals surface area contributed by atoms with Gasteiger partial charge in [0.25, 0.3) is 0 Å². The van der Waals surface area contributed by atoms with E-state index in [0.717, 1.165) is 19.3 Å². The lowest BCUT2D eigenvalue weighted by molar-refractivity contribution is -0.0848. The number of rotatable bonds is 7. The van der Waals surface area contributed by atoms with Gasteiger partial charge in [-0.25, -0.2) is 0 Å². The van der Waals surface area contributed by atoms with Gasteiger partial charge in [-0.3, -0.25) is 0 Å². The first-order chi connectivity index (χ1) is 7.34. The molecule has 0 fully saturated rings. The van der Waals surface area contributed by atoms with Gasteiger partial charge in [-0.2, -0.15) is 0 Å². The number of aliphatic hydroxyl groups is 2. The highest BCUT2D eigenvalue weighted by atomic mass is 16.3. The van der Waals surface area contributed by atoms with E-state index < -0.39 is 6.10 Å². The van der Waals surface area contributed by atoms with Crippen molar-refractivity contribution < 1.29 is 10.2 Å². The zero-order valence-electron chi connectivity index (χ0n) is 11.7. The van der Waals surface area contributed by atoms with Gasteiger partial charge in [0.05, 0.1) is 12.7 Å². The average molecular weight is 230 g/mol. The predicted octanol–water partition coefficient (Wildman–Crippen LogP) is 3.36. The third-order valence-electron chi connectivity index (χ3n) is 3.70. The molecule has 0 aromatic rings.